The van der Waals surface area contributed by atoms with E-state index in [0.29, 0.717) is 13.0 Å². The zero-order valence-electron chi connectivity index (χ0n) is 35.1. The van der Waals surface area contributed by atoms with Crippen molar-refractivity contribution >= 4 is 5.97 Å². The van der Waals surface area contributed by atoms with Crippen LogP contribution in [0.25, 0.3) is 0 Å². The largest absolute Gasteiger partial charge is 0.457 e. The van der Waals surface area contributed by atoms with Gasteiger partial charge in [-0.25, -0.2) is 0 Å². The fourth-order valence-corrected chi connectivity index (χ4v) is 6.20. The second-order valence-electron chi connectivity index (χ2n) is 14.8. The lowest BCUT2D eigenvalue weighted by molar-refractivity contribution is -0.305. The number of esters is 1. The van der Waals surface area contributed by atoms with E-state index >= 15 is 0 Å². The fourth-order valence-electron chi connectivity index (χ4n) is 6.20. The van der Waals surface area contributed by atoms with E-state index in [0.717, 1.165) is 96.3 Å². The molecule has 1 aliphatic rings. The summed E-state index contributed by atoms with van der Waals surface area (Å²) in [7, 11) is 0. The van der Waals surface area contributed by atoms with Crippen LogP contribution in [-0.2, 0) is 23.7 Å². The molecule has 1 saturated heterocycles. The van der Waals surface area contributed by atoms with Gasteiger partial charge in [0.05, 0.1) is 19.8 Å². The van der Waals surface area contributed by atoms with Gasteiger partial charge in [0.1, 0.15) is 30.5 Å². The molecule has 0 amide bonds. The normalized spacial score (nSPS) is 21.3. The first-order valence-corrected chi connectivity index (χ1v) is 22.0. The van der Waals surface area contributed by atoms with Crippen molar-refractivity contribution in [2.24, 2.45) is 0 Å². The van der Waals surface area contributed by atoms with Crippen LogP contribution in [0, 0.1) is 0 Å². The molecule has 0 saturated carbocycles. The molecule has 0 radical (unpaired) electrons. The van der Waals surface area contributed by atoms with Crippen molar-refractivity contribution in [2.45, 2.75) is 192 Å². The van der Waals surface area contributed by atoms with Gasteiger partial charge in [-0.2, -0.15) is 0 Å². The van der Waals surface area contributed by atoms with Crippen molar-refractivity contribution in [3.05, 3.63) is 72.9 Å². The predicted molar refractivity (Wildman–Crippen MR) is 228 cm³/mol. The van der Waals surface area contributed by atoms with Crippen molar-refractivity contribution in [1.29, 1.82) is 0 Å². The summed E-state index contributed by atoms with van der Waals surface area (Å²) in [5.74, 6) is -0.328. The molecule has 56 heavy (non-hydrogen) atoms. The van der Waals surface area contributed by atoms with E-state index in [1.54, 1.807) is 0 Å². The Labute approximate surface area is 340 Å². The van der Waals surface area contributed by atoms with Crippen molar-refractivity contribution in [3.63, 3.8) is 0 Å². The Morgan fingerprint density at radius 3 is 1.64 bits per heavy atom. The van der Waals surface area contributed by atoms with E-state index in [-0.39, 0.29) is 19.2 Å². The van der Waals surface area contributed by atoms with Gasteiger partial charge in [-0.1, -0.05) is 157 Å². The number of unbranched alkanes of at least 4 members (excludes halogenated alkanes) is 13. The Hall–Kier alpha value is -2.37. The van der Waals surface area contributed by atoms with Gasteiger partial charge in [-0.05, 0) is 64.2 Å². The van der Waals surface area contributed by atoms with Crippen LogP contribution in [-0.4, -0.2) is 89.6 Å². The van der Waals surface area contributed by atoms with E-state index < -0.39 is 43.4 Å². The summed E-state index contributed by atoms with van der Waals surface area (Å²) in [4.78, 5) is 12.7. The number of hydrogen-bond donors (Lipinski definition) is 4. The number of aliphatic hydroxyl groups excluding tert-OH is 4. The molecule has 322 valence electrons. The van der Waals surface area contributed by atoms with Crippen LogP contribution in [0.1, 0.15) is 155 Å². The topological polar surface area (TPSA) is 135 Å². The maximum atomic E-state index is 12.7. The smallest absolute Gasteiger partial charge is 0.306 e. The van der Waals surface area contributed by atoms with Crippen LogP contribution in [0.2, 0.25) is 0 Å². The highest BCUT2D eigenvalue weighted by Crippen LogP contribution is 2.22. The average molecular weight is 789 g/mol. The van der Waals surface area contributed by atoms with Crippen LogP contribution in [0.5, 0.6) is 0 Å². The van der Waals surface area contributed by atoms with Gasteiger partial charge in [0.2, 0.25) is 0 Å². The summed E-state index contributed by atoms with van der Waals surface area (Å²) in [6.45, 7) is 4.35. The molecule has 0 aromatic carbocycles. The molecule has 0 aromatic rings. The van der Waals surface area contributed by atoms with Gasteiger partial charge in [0.25, 0.3) is 0 Å². The highest BCUT2D eigenvalue weighted by Gasteiger charge is 2.44. The predicted octanol–water partition coefficient (Wildman–Crippen LogP) is 9.69. The van der Waals surface area contributed by atoms with E-state index in [4.69, 9.17) is 18.9 Å². The first-order chi connectivity index (χ1) is 27.4. The molecule has 4 N–H and O–H groups in total. The van der Waals surface area contributed by atoms with E-state index in [9.17, 15) is 25.2 Å². The van der Waals surface area contributed by atoms with Crippen LogP contribution in [0.15, 0.2) is 72.9 Å². The summed E-state index contributed by atoms with van der Waals surface area (Å²) in [6, 6.07) is 0. The van der Waals surface area contributed by atoms with Gasteiger partial charge in [-0.3, -0.25) is 4.79 Å². The first kappa shape index (κ1) is 51.6. The van der Waals surface area contributed by atoms with Gasteiger partial charge in [0.15, 0.2) is 6.29 Å². The molecule has 0 aromatic heterocycles. The molecular formula is C47H80O9. The van der Waals surface area contributed by atoms with Crippen LogP contribution in [0.3, 0.4) is 0 Å². The molecule has 6 atom stereocenters. The molecule has 9 heteroatoms. The van der Waals surface area contributed by atoms with E-state index in [2.05, 4.69) is 86.8 Å². The molecule has 1 fully saturated rings. The van der Waals surface area contributed by atoms with Crippen molar-refractivity contribution in [1.82, 2.24) is 0 Å². The molecule has 6 unspecified atom stereocenters. The minimum Gasteiger partial charge on any atom is -0.457 e. The highest BCUT2D eigenvalue weighted by molar-refractivity contribution is 5.69. The second-order valence-corrected chi connectivity index (χ2v) is 14.8. The lowest BCUT2D eigenvalue weighted by Gasteiger charge is -2.39. The number of carbonyl (C=O) groups excluding carboxylic acids is 1. The maximum Gasteiger partial charge on any atom is 0.306 e. The third-order valence-electron chi connectivity index (χ3n) is 9.64. The average Bonchev–Trinajstić information content (AvgIpc) is 3.20. The lowest BCUT2D eigenvalue weighted by atomic mass is 9.99. The highest BCUT2D eigenvalue weighted by atomic mass is 16.7. The first-order valence-electron chi connectivity index (χ1n) is 22.0. The Morgan fingerprint density at radius 2 is 1.09 bits per heavy atom. The van der Waals surface area contributed by atoms with E-state index in [1.165, 1.54) is 38.5 Å². The standard InChI is InChI=1S/C47H80O9/c1-3-5-7-9-11-13-14-15-16-17-18-19-20-21-22-23-24-25-26-27-29-31-33-35-37-53-39-41(40-54-47-46(52)45(51)44(50)42(38-48)56-47)55-43(49)36-34-32-30-28-12-10-8-6-4-2/h5,7,11,13,15-16,18-19,21-22,24-25,41-42,44-48,50-52H,3-4,6,8-10,12,14,17,20,23,26-40H2,1-2H3/b7-5-,13-11-,16-15-,19-18-,22-21-,25-24-. The number of rotatable bonds is 36. The molecule has 0 bridgehead atoms. The van der Waals surface area contributed by atoms with E-state index in [1.807, 2.05) is 0 Å². The number of allylic oxidation sites excluding steroid dienone is 12. The van der Waals surface area contributed by atoms with Gasteiger partial charge in [0, 0.05) is 13.0 Å². The SMILES string of the molecule is CC/C=C\C/C=C\C/C=C\C/C=C\C/C=C\C/C=C\CCCCCCCOCC(COC1OC(CO)C(O)C(O)C1O)OC(=O)CCCCCCCCCCC. The Balaban J connectivity index is 2.24. The molecule has 0 aliphatic carbocycles. The molecule has 1 aliphatic heterocycles. The number of ether oxygens (including phenoxy) is 4. The monoisotopic (exact) mass is 789 g/mol. The minimum absolute atomic E-state index is 0.124. The number of hydrogen-bond acceptors (Lipinski definition) is 9. The minimum atomic E-state index is -1.54. The molecule has 9 nitrogen and oxygen atoms in total. The van der Waals surface area contributed by atoms with Crippen LogP contribution < -0.4 is 0 Å². The van der Waals surface area contributed by atoms with Crippen LogP contribution in [0.4, 0.5) is 0 Å². The quantitative estimate of drug-likeness (QED) is 0.0278. The lowest BCUT2D eigenvalue weighted by Crippen LogP contribution is -2.59. The number of aliphatic hydroxyl groups is 4. The van der Waals surface area contributed by atoms with Gasteiger partial charge >= 0.3 is 5.97 Å². The summed E-state index contributed by atoms with van der Waals surface area (Å²) >= 11 is 0. The van der Waals surface area contributed by atoms with Crippen molar-refractivity contribution < 1.29 is 44.2 Å². The third kappa shape index (κ3) is 28.9. The maximum absolute atomic E-state index is 12.7. The molecular weight excluding hydrogens is 709 g/mol. The Morgan fingerprint density at radius 1 is 0.589 bits per heavy atom. The molecule has 0 spiro atoms. The summed E-state index contributed by atoms with van der Waals surface area (Å²) in [5, 5.41) is 40.0. The zero-order valence-corrected chi connectivity index (χ0v) is 35.1. The fraction of sp³-hybridized carbons (Fsp3) is 0.723. The second kappa shape index (κ2) is 38.2. The third-order valence-corrected chi connectivity index (χ3v) is 9.64. The summed E-state index contributed by atoms with van der Waals surface area (Å²) < 4.78 is 22.7. The Kier molecular flexibility index (Phi) is 35.2. The van der Waals surface area contributed by atoms with Crippen molar-refractivity contribution in [3.8, 4) is 0 Å². The zero-order chi connectivity index (χ0) is 40.7. The van der Waals surface area contributed by atoms with Crippen molar-refractivity contribution in [2.75, 3.05) is 26.4 Å². The molecule has 1 rings (SSSR count). The summed E-state index contributed by atoms with van der Waals surface area (Å²) in [6.07, 6.45) is 42.2. The Bertz CT molecular complexity index is 1080. The summed E-state index contributed by atoms with van der Waals surface area (Å²) in [5.41, 5.74) is 0. The molecule has 1 heterocycles. The van der Waals surface area contributed by atoms with Crippen LogP contribution >= 0.6 is 0 Å². The van der Waals surface area contributed by atoms with Gasteiger partial charge in [-0.15, -0.1) is 0 Å². The van der Waals surface area contributed by atoms with Gasteiger partial charge < -0.3 is 39.4 Å². The number of carbonyl (C=O) groups is 1.